The van der Waals surface area contributed by atoms with Crippen LogP contribution >= 0.6 is 11.3 Å². The van der Waals surface area contributed by atoms with Crippen molar-refractivity contribution in [3.8, 4) is 11.3 Å². The molecule has 2 aromatic rings. The van der Waals surface area contributed by atoms with Crippen molar-refractivity contribution in [2.24, 2.45) is 5.73 Å². The van der Waals surface area contributed by atoms with E-state index < -0.39 is 5.91 Å². The molecule has 1 heterocycles. The number of nitrogens with two attached hydrogens (primary N) is 1. The van der Waals surface area contributed by atoms with Gasteiger partial charge in [0, 0.05) is 11.0 Å². The van der Waals surface area contributed by atoms with Crippen LogP contribution in [0.25, 0.3) is 11.3 Å². The molecule has 0 aliphatic heterocycles. The summed E-state index contributed by atoms with van der Waals surface area (Å²) in [6, 6.07) is 9.67. The second-order valence-electron chi connectivity index (χ2n) is 5.18. The van der Waals surface area contributed by atoms with Crippen LogP contribution in [0.3, 0.4) is 0 Å². The Morgan fingerprint density at radius 2 is 1.83 bits per heavy atom. The Hall–Kier alpha value is -1.68. The van der Waals surface area contributed by atoms with Gasteiger partial charge in [0.25, 0.3) is 5.91 Å². The first kappa shape index (κ1) is 12.8. The summed E-state index contributed by atoms with van der Waals surface area (Å²) in [5.41, 5.74) is 6.98. The number of carbonyl (C=O) groups is 1. The third kappa shape index (κ3) is 2.43. The Kier molecular flexibility index (Phi) is 3.22. The third-order valence-corrected chi connectivity index (χ3v) is 4.04. The summed E-state index contributed by atoms with van der Waals surface area (Å²) in [6.07, 6.45) is 0. The molecule has 0 spiro atoms. The molecular weight excluding hydrogens is 244 g/mol. The van der Waals surface area contributed by atoms with Gasteiger partial charge in [-0.2, -0.15) is 0 Å². The molecule has 4 heteroatoms. The Bertz CT molecular complexity index is 567. The van der Waals surface area contributed by atoms with E-state index in [-0.39, 0.29) is 5.41 Å². The van der Waals surface area contributed by atoms with Crippen LogP contribution in [-0.4, -0.2) is 10.9 Å². The van der Waals surface area contributed by atoms with Crippen molar-refractivity contribution in [2.45, 2.75) is 26.2 Å². The summed E-state index contributed by atoms with van der Waals surface area (Å²) < 4.78 is 0. The minimum Gasteiger partial charge on any atom is -0.365 e. The zero-order chi connectivity index (χ0) is 13.3. The molecule has 0 saturated heterocycles. The second kappa shape index (κ2) is 4.53. The van der Waals surface area contributed by atoms with Crippen LogP contribution < -0.4 is 5.73 Å². The van der Waals surface area contributed by atoms with Gasteiger partial charge in [0.15, 0.2) is 0 Å². The van der Waals surface area contributed by atoms with Gasteiger partial charge in [-0.15, -0.1) is 11.3 Å². The zero-order valence-electron chi connectivity index (χ0n) is 10.7. The van der Waals surface area contributed by atoms with Crippen LogP contribution in [0.1, 0.15) is 35.5 Å². The SMILES string of the molecule is CC(C)(C)c1nc(-c2ccccc2)c(C(N)=O)s1. The minimum atomic E-state index is -0.415. The second-order valence-corrected chi connectivity index (χ2v) is 6.18. The highest BCUT2D eigenvalue weighted by Crippen LogP contribution is 2.33. The average Bonchev–Trinajstić information content (AvgIpc) is 2.74. The van der Waals surface area contributed by atoms with Crippen LogP contribution in [0.15, 0.2) is 30.3 Å². The fourth-order valence-corrected chi connectivity index (χ4v) is 2.60. The molecule has 0 fully saturated rings. The number of hydrogen-bond acceptors (Lipinski definition) is 3. The number of rotatable bonds is 2. The topological polar surface area (TPSA) is 56.0 Å². The van der Waals surface area contributed by atoms with Crippen molar-refractivity contribution in [1.82, 2.24) is 4.98 Å². The Balaban J connectivity index is 2.60. The molecule has 2 N–H and O–H groups in total. The predicted octanol–water partition coefficient (Wildman–Crippen LogP) is 3.21. The molecule has 1 aromatic heterocycles. The first-order valence-electron chi connectivity index (χ1n) is 5.76. The zero-order valence-corrected chi connectivity index (χ0v) is 11.5. The van der Waals surface area contributed by atoms with E-state index in [4.69, 9.17) is 5.73 Å². The van der Waals surface area contributed by atoms with E-state index in [1.165, 1.54) is 11.3 Å². The van der Waals surface area contributed by atoms with E-state index >= 15 is 0 Å². The molecule has 0 unspecified atom stereocenters. The van der Waals surface area contributed by atoms with Crippen molar-refractivity contribution in [2.75, 3.05) is 0 Å². The number of hydrogen-bond donors (Lipinski definition) is 1. The molecule has 3 nitrogen and oxygen atoms in total. The van der Waals surface area contributed by atoms with Gasteiger partial charge in [-0.25, -0.2) is 4.98 Å². The van der Waals surface area contributed by atoms with Gasteiger partial charge in [-0.1, -0.05) is 51.1 Å². The van der Waals surface area contributed by atoms with Crippen molar-refractivity contribution < 1.29 is 4.79 Å². The first-order valence-corrected chi connectivity index (χ1v) is 6.58. The summed E-state index contributed by atoms with van der Waals surface area (Å²) in [5.74, 6) is -0.415. The maximum atomic E-state index is 11.5. The lowest BCUT2D eigenvalue weighted by Crippen LogP contribution is -2.10. The molecule has 1 amide bonds. The quantitative estimate of drug-likeness (QED) is 0.901. The maximum Gasteiger partial charge on any atom is 0.261 e. The van der Waals surface area contributed by atoms with Gasteiger partial charge in [0.2, 0.25) is 0 Å². The van der Waals surface area contributed by atoms with E-state index in [0.29, 0.717) is 10.6 Å². The van der Waals surface area contributed by atoms with Crippen LogP contribution in [0.2, 0.25) is 0 Å². The van der Waals surface area contributed by atoms with Gasteiger partial charge in [0.1, 0.15) is 4.88 Å². The lowest BCUT2D eigenvalue weighted by molar-refractivity contribution is 0.100. The van der Waals surface area contributed by atoms with Crippen LogP contribution in [0, 0.1) is 0 Å². The van der Waals surface area contributed by atoms with Crippen LogP contribution in [0.5, 0.6) is 0 Å². The summed E-state index contributed by atoms with van der Waals surface area (Å²) in [5, 5.41) is 0.926. The number of carbonyl (C=O) groups excluding carboxylic acids is 1. The third-order valence-electron chi connectivity index (χ3n) is 2.54. The van der Waals surface area contributed by atoms with Gasteiger partial charge >= 0.3 is 0 Å². The molecule has 0 aliphatic carbocycles. The minimum absolute atomic E-state index is 0.0815. The van der Waals surface area contributed by atoms with Crippen LogP contribution in [-0.2, 0) is 5.41 Å². The van der Waals surface area contributed by atoms with Crippen molar-refractivity contribution in [3.05, 3.63) is 40.2 Å². The van der Waals surface area contributed by atoms with E-state index in [2.05, 4.69) is 25.8 Å². The highest BCUT2D eigenvalue weighted by molar-refractivity contribution is 7.14. The van der Waals surface area contributed by atoms with Gasteiger partial charge in [-0.3, -0.25) is 4.79 Å². The van der Waals surface area contributed by atoms with Crippen LogP contribution in [0.4, 0.5) is 0 Å². The molecule has 0 aliphatic rings. The molecule has 18 heavy (non-hydrogen) atoms. The largest absolute Gasteiger partial charge is 0.365 e. The van der Waals surface area contributed by atoms with E-state index in [9.17, 15) is 4.79 Å². The summed E-state index contributed by atoms with van der Waals surface area (Å²) in [7, 11) is 0. The fraction of sp³-hybridized carbons (Fsp3) is 0.286. The van der Waals surface area contributed by atoms with Crippen molar-refractivity contribution in [1.29, 1.82) is 0 Å². The summed E-state index contributed by atoms with van der Waals surface area (Å²) >= 11 is 1.38. The summed E-state index contributed by atoms with van der Waals surface area (Å²) in [6.45, 7) is 6.22. The van der Waals surface area contributed by atoms with Gasteiger partial charge < -0.3 is 5.73 Å². The molecule has 0 radical (unpaired) electrons. The molecule has 94 valence electrons. The standard InChI is InChI=1S/C14H16N2OS/c1-14(2,3)13-16-10(11(18-13)12(15)17)9-7-5-4-6-8-9/h4-8H,1-3H3,(H2,15,17). The number of aromatic nitrogens is 1. The first-order chi connectivity index (χ1) is 8.39. The normalized spacial score (nSPS) is 11.5. The van der Waals surface area contributed by atoms with E-state index in [0.717, 1.165) is 10.6 Å². The molecular formula is C14H16N2OS. The molecule has 0 bridgehead atoms. The fourth-order valence-electron chi connectivity index (χ4n) is 1.60. The smallest absolute Gasteiger partial charge is 0.261 e. The van der Waals surface area contributed by atoms with Gasteiger partial charge in [0.05, 0.1) is 10.7 Å². The Morgan fingerprint density at radius 1 is 1.22 bits per heavy atom. The van der Waals surface area contributed by atoms with E-state index in [1.54, 1.807) is 0 Å². The van der Waals surface area contributed by atoms with Gasteiger partial charge in [-0.05, 0) is 0 Å². The van der Waals surface area contributed by atoms with E-state index in [1.807, 2.05) is 30.3 Å². The molecule has 1 aromatic carbocycles. The number of nitrogens with zero attached hydrogens (tertiary/aromatic N) is 1. The number of thiazole rings is 1. The predicted molar refractivity (Wildman–Crippen MR) is 74.8 cm³/mol. The highest BCUT2D eigenvalue weighted by atomic mass is 32.1. The van der Waals surface area contributed by atoms with Crippen molar-refractivity contribution >= 4 is 17.2 Å². The lowest BCUT2D eigenvalue weighted by Gasteiger charge is -2.13. The number of benzene rings is 1. The average molecular weight is 260 g/mol. The maximum absolute atomic E-state index is 11.5. The Morgan fingerprint density at radius 3 is 2.33 bits per heavy atom. The highest BCUT2D eigenvalue weighted by Gasteiger charge is 2.24. The monoisotopic (exact) mass is 260 g/mol. The number of primary amides is 1. The molecule has 0 saturated carbocycles. The Labute approximate surface area is 111 Å². The molecule has 2 rings (SSSR count). The molecule has 0 atom stereocenters. The number of amides is 1. The summed E-state index contributed by atoms with van der Waals surface area (Å²) in [4.78, 5) is 16.7. The van der Waals surface area contributed by atoms with Crippen molar-refractivity contribution in [3.63, 3.8) is 0 Å². The lowest BCUT2D eigenvalue weighted by atomic mass is 9.98.